The van der Waals surface area contributed by atoms with Crippen molar-refractivity contribution in [2.75, 3.05) is 6.54 Å². The summed E-state index contributed by atoms with van der Waals surface area (Å²) in [6, 6.07) is 9.13. The van der Waals surface area contributed by atoms with Gasteiger partial charge in [0.05, 0.1) is 6.54 Å². The molecule has 0 radical (unpaired) electrons. The van der Waals surface area contributed by atoms with Crippen molar-refractivity contribution in [2.24, 2.45) is 12.8 Å². The van der Waals surface area contributed by atoms with E-state index >= 15 is 0 Å². The van der Waals surface area contributed by atoms with Crippen molar-refractivity contribution in [1.82, 2.24) is 15.1 Å². The van der Waals surface area contributed by atoms with Crippen molar-refractivity contribution in [3.8, 4) is 11.8 Å². The van der Waals surface area contributed by atoms with Crippen LogP contribution in [0.3, 0.4) is 0 Å². The first-order chi connectivity index (χ1) is 11.0. The Labute approximate surface area is 132 Å². The average molecular weight is 310 g/mol. The number of nitrogens with one attached hydrogen (secondary N) is 1. The summed E-state index contributed by atoms with van der Waals surface area (Å²) in [5.74, 6) is 4.71. The molecule has 1 heterocycles. The molecule has 3 N–H and O–H groups in total. The fourth-order valence-electron chi connectivity index (χ4n) is 1.70. The van der Waals surface area contributed by atoms with E-state index in [0.717, 1.165) is 4.68 Å². The third-order valence-electron chi connectivity index (χ3n) is 2.93. The monoisotopic (exact) mass is 310 g/mol. The first-order valence-corrected chi connectivity index (χ1v) is 6.68. The molecule has 2 amide bonds. The average Bonchev–Trinajstić information content (AvgIpc) is 2.54. The van der Waals surface area contributed by atoms with Crippen LogP contribution < -0.4 is 16.6 Å². The van der Waals surface area contributed by atoms with Crippen LogP contribution >= 0.6 is 0 Å². The fraction of sp³-hybridized carbons (Fsp3) is 0.125. The zero-order chi connectivity index (χ0) is 16.8. The molecule has 2 rings (SSSR count). The van der Waals surface area contributed by atoms with Crippen molar-refractivity contribution in [3.63, 3.8) is 0 Å². The second-order valence-electron chi connectivity index (χ2n) is 4.61. The minimum Gasteiger partial charge on any atom is -0.366 e. The first kappa shape index (κ1) is 16.0. The van der Waals surface area contributed by atoms with E-state index in [4.69, 9.17) is 5.73 Å². The maximum Gasteiger partial charge on any atom is 0.272 e. The number of amides is 2. The molecule has 0 spiro atoms. The molecule has 0 aliphatic carbocycles. The number of carbonyl (C=O) groups excluding carboxylic acids is 2. The molecule has 0 saturated carbocycles. The SMILES string of the molecule is Cn1nc(C(=O)NCC#Cc2ccc(C(N)=O)cc2)ccc1=O. The molecule has 2 aromatic rings. The van der Waals surface area contributed by atoms with Gasteiger partial charge in [-0.2, -0.15) is 5.10 Å². The van der Waals surface area contributed by atoms with Gasteiger partial charge in [0, 0.05) is 24.2 Å². The lowest BCUT2D eigenvalue weighted by Crippen LogP contribution is -2.28. The maximum atomic E-state index is 11.8. The van der Waals surface area contributed by atoms with Crippen molar-refractivity contribution < 1.29 is 9.59 Å². The van der Waals surface area contributed by atoms with Gasteiger partial charge in [0.25, 0.3) is 11.5 Å². The van der Waals surface area contributed by atoms with E-state index in [-0.39, 0.29) is 17.8 Å². The lowest BCUT2D eigenvalue weighted by molar-refractivity contribution is 0.0950. The van der Waals surface area contributed by atoms with E-state index < -0.39 is 11.8 Å². The maximum absolute atomic E-state index is 11.8. The van der Waals surface area contributed by atoms with Crippen LogP contribution in [0.4, 0.5) is 0 Å². The molecule has 0 saturated heterocycles. The van der Waals surface area contributed by atoms with Gasteiger partial charge in [0.15, 0.2) is 0 Å². The normalized spacial score (nSPS) is 9.61. The number of hydrogen-bond donors (Lipinski definition) is 2. The van der Waals surface area contributed by atoms with Crippen molar-refractivity contribution >= 4 is 11.8 Å². The van der Waals surface area contributed by atoms with Gasteiger partial charge >= 0.3 is 0 Å². The Kier molecular flexibility index (Phi) is 4.89. The van der Waals surface area contributed by atoms with Gasteiger partial charge in [-0.15, -0.1) is 0 Å². The Morgan fingerprint density at radius 3 is 2.52 bits per heavy atom. The molecule has 0 fully saturated rings. The van der Waals surface area contributed by atoms with E-state index in [0.29, 0.717) is 11.1 Å². The van der Waals surface area contributed by atoms with Gasteiger partial charge < -0.3 is 11.1 Å². The highest BCUT2D eigenvalue weighted by atomic mass is 16.2. The zero-order valence-corrected chi connectivity index (χ0v) is 12.4. The highest BCUT2D eigenvalue weighted by Crippen LogP contribution is 2.01. The molecule has 0 bridgehead atoms. The Bertz CT molecular complexity index is 857. The smallest absolute Gasteiger partial charge is 0.272 e. The number of primary amides is 1. The van der Waals surface area contributed by atoms with Crippen LogP contribution in [-0.2, 0) is 7.05 Å². The standard InChI is InChI=1S/C16H14N4O3/c1-20-14(21)9-8-13(19-20)16(23)18-10-2-3-11-4-6-12(7-5-11)15(17)22/h4-9H,10H2,1H3,(H2,17,22)(H,18,23). The third-order valence-corrected chi connectivity index (χ3v) is 2.93. The number of carbonyl (C=O) groups is 2. The van der Waals surface area contributed by atoms with E-state index in [1.807, 2.05) is 0 Å². The molecule has 1 aromatic heterocycles. The predicted octanol–water partition coefficient (Wildman–Crippen LogP) is -0.339. The molecule has 1 aromatic carbocycles. The molecule has 7 heteroatoms. The van der Waals surface area contributed by atoms with E-state index in [1.54, 1.807) is 24.3 Å². The lowest BCUT2D eigenvalue weighted by atomic mass is 10.1. The second kappa shape index (κ2) is 7.04. The van der Waals surface area contributed by atoms with Gasteiger partial charge in [-0.3, -0.25) is 14.4 Å². The summed E-state index contributed by atoms with van der Waals surface area (Å²) >= 11 is 0. The molecule has 7 nitrogen and oxygen atoms in total. The number of aryl methyl sites for hydroxylation is 1. The third kappa shape index (κ3) is 4.28. The molecular formula is C16H14N4O3. The van der Waals surface area contributed by atoms with Crippen molar-refractivity contribution in [1.29, 1.82) is 0 Å². The predicted molar refractivity (Wildman–Crippen MR) is 83.6 cm³/mol. The summed E-state index contributed by atoms with van der Waals surface area (Å²) in [6.07, 6.45) is 0. The van der Waals surface area contributed by atoms with Crippen LogP contribution in [0.5, 0.6) is 0 Å². The summed E-state index contributed by atoms with van der Waals surface area (Å²) < 4.78 is 1.08. The van der Waals surface area contributed by atoms with Gasteiger partial charge in [0.2, 0.25) is 5.91 Å². The fourth-order valence-corrected chi connectivity index (χ4v) is 1.70. The highest BCUT2D eigenvalue weighted by Gasteiger charge is 2.06. The zero-order valence-electron chi connectivity index (χ0n) is 12.4. The lowest BCUT2D eigenvalue weighted by Gasteiger charge is -2.01. The van der Waals surface area contributed by atoms with Crippen LogP contribution in [0.15, 0.2) is 41.2 Å². The van der Waals surface area contributed by atoms with E-state index in [1.165, 1.54) is 19.2 Å². The minimum absolute atomic E-state index is 0.126. The van der Waals surface area contributed by atoms with E-state index in [2.05, 4.69) is 22.3 Å². The van der Waals surface area contributed by atoms with Gasteiger partial charge in [-0.05, 0) is 30.3 Å². The molecule has 0 aliphatic rings. The quantitative estimate of drug-likeness (QED) is 0.756. The topological polar surface area (TPSA) is 107 Å². The molecule has 0 atom stereocenters. The summed E-state index contributed by atoms with van der Waals surface area (Å²) in [7, 11) is 1.47. The Morgan fingerprint density at radius 1 is 1.22 bits per heavy atom. The second-order valence-corrected chi connectivity index (χ2v) is 4.61. The number of benzene rings is 1. The molecule has 0 unspecified atom stereocenters. The number of nitrogens with zero attached hydrogens (tertiary/aromatic N) is 2. The van der Waals surface area contributed by atoms with Crippen molar-refractivity contribution in [3.05, 3.63) is 63.6 Å². The van der Waals surface area contributed by atoms with Gasteiger partial charge in [-0.25, -0.2) is 4.68 Å². The number of aromatic nitrogens is 2. The van der Waals surface area contributed by atoms with Crippen LogP contribution in [0.25, 0.3) is 0 Å². The van der Waals surface area contributed by atoms with E-state index in [9.17, 15) is 14.4 Å². The number of rotatable bonds is 3. The number of hydrogen-bond acceptors (Lipinski definition) is 4. The largest absolute Gasteiger partial charge is 0.366 e. The highest BCUT2D eigenvalue weighted by molar-refractivity contribution is 5.93. The molecule has 0 aliphatic heterocycles. The Hall–Kier alpha value is -3.40. The summed E-state index contributed by atoms with van der Waals surface area (Å²) in [6.45, 7) is 0.126. The summed E-state index contributed by atoms with van der Waals surface area (Å²) in [4.78, 5) is 34.0. The molecular weight excluding hydrogens is 296 g/mol. The Morgan fingerprint density at radius 2 is 1.91 bits per heavy atom. The van der Waals surface area contributed by atoms with Crippen LogP contribution in [0.1, 0.15) is 26.4 Å². The van der Waals surface area contributed by atoms with Gasteiger partial charge in [0.1, 0.15) is 5.69 Å². The van der Waals surface area contributed by atoms with Crippen LogP contribution in [-0.4, -0.2) is 28.1 Å². The Balaban J connectivity index is 1.94. The molecule has 116 valence electrons. The molecule has 23 heavy (non-hydrogen) atoms. The van der Waals surface area contributed by atoms with Crippen molar-refractivity contribution in [2.45, 2.75) is 0 Å². The number of nitrogens with two attached hydrogens (primary N) is 1. The van der Waals surface area contributed by atoms with Crippen LogP contribution in [0.2, 0.25) is 0 Å². The van der Waals surface area contributed by atoms with Crippen LogP contribution in [0, 0.1) is 11.8 Å². The van der Waals surface area contributed by atoms with Gasteiger partial charge in [-0.1, -0.05) is 11.8 Å². The summed E-state index contributed by atoms with van der Waals surface area (Å²) in [5, 5.41) is 6.42. The summed E-state index contributed by atoms with van der Waals surface area (Å²) in [5.41, 5.74) is 6.10. The minimum atomic E-state index is -0.499. The first-order valence-electron chi connectivity index (χ1n) is 6.68.